The van der Waals surface area contributed by atoms with Crippen LogP contribution in [-0.4, -0.2) is 24.6 Å². The fourth-order valence-corrected chi connectivity index (χ4v) is 0.645. The van der Waals surface area contributed by atoms with Crippen molar-refractivity contribution in [1.82, 2.24) is 4.98 Å². The fourth-order valence-electron chi connectivity index (χ4n) is 0.645. The van der Waals surface area contributed by atoms with Crippen LogP contribution < -0.4 is 10.2 Å². The van der Waals surface area contributed by atoms with Crippen LogP contribution >= 0.6 is 0 Å². The van der Waals surface area contributed by atoms with Gasteiger partial charge in [-0.25, -0.2) is 9.37 Å². The van der Waals surface area contributed by atoms with E-state index in [1.54, 1.807) is 0 Å². The third-order valence-corrected chi connectivity index (χ3v) is 1.21. The zero-order chi connectivity index (χ0) is 8.27. The van der Waals surface area contributed by atoms with Gasteiger partial charge in [0.25, 0.3) is 0 Å². The van der Waals surface area contributed by atoms with Crippen molar-refractivity contribution in [2.75, 3.05) is 7.11 Å². The van der Waals surface area contributed by atoms with Gasteiger partial charge in [-0.2, -0.15) is 0 Å². The predicted molar refractivity (Wildman–Crippen MR) is 38.4 cm³/mol. The van der Waals surface area contributed by atoms with Crippen LogP contribution in [0, 0.1) is 5.82 Å². The molecule has 0 saturated heterocycles. The van der Waals surface area contributed by atoms with E-state index in [4.69, 9.17) is 9.76 Å². The molecular weight excluding hydrogens is 148 g/mol. The van der Waals surface area contributed by atoms with Gasteiger partial charge in [0.1, 0.15) is 5.82 Å². The SMILES string of the molecule is COc1cc([B]O)c(F)cn1. The topological polar surface area (TPSA) is 42.4 Å². The van der Waals surface area contributed by atoms with Gasteiger partial charge < -0.3 is 9.76 Å². The second-order valence-corrected chi connectivity index (χ2v) is 1.88. The molecule has 0 aliphatic rings. The smallest absolute Gasteiger partial charge is 0.330 e. The van der Waals surface area contributed by atoms with Crippen molar-refractivity contribution in [3.63, 3.8) is 0 Å². The third-order valence-electron chi connectivity index (χ3n) is 1.21. The van der Waals surface area contributed by atoms with Gasteiger partial charge in [0.15, 0.2) is 0 Å². The maximum absolute atomic E-state index is 12.6. The van der Waals surface area contributed by atoms with Gasteiger partial charge in [0, 0.05) is 0 Å². The Morgan fingerprint density at radius 1 is 1.73 bits per heavy atom. The number of halogens is 1. The van der Waals surface area contributed by atoms with Crippen LogP contribution in [0.25, 0.3) is 0 Å². The normalized spacial score (nSPS) is 9.36. The van der Waals surface area contributed by atoms with Crippen molar-refractivity contribution in [1.29, 1.82) is 0 Å². The lowest BCUT2D eigenvalue weighted by Gasteiger charge is -2.00. The van der Waals surface area contributed by atoms with E-state index < -0.39 is 5.82 Å². The summed E-state index contributed by atoms with van der Waals surface area (Å²) in [6.45, 7) is 0. The first-order valence-corrected chi connectivity index (χ1v) is 2.95. The van der Waals surface area contributed by atoms with Gasteiger partial charge in [-0.05, 0) is 11.5 Å². The molecule has 1 radical (unpaired) electrons. The van der Waals surface area contributed by atoms with E-state index in [2.05, 4.69) is 4.98 Å². The van der Waals surface area contributed by atoms with E-state index in [1.807, 2.05) is 0 Å². The Hall–Kier alpha value is -1.10. The number of hydrogen-bond acceptors (Lipinski definition) is 3. The summed E-state index contributed by atoms with van der Waals surface area (Å²) < 4.78 is 17.3. The van der Waals surface area contributed by atoms with Gasteiger partial charge in [-0.3, -0.25) is 0 Å². The third kappa shape index (κ3) is 1.68. The first-order valence-electron chi connectivity index (χ1n) is 2.95. The van der Waals surface area contributed by atoms with E-state index >= 15 is 0 Å². The summed E-state index contributed by atoms with van der Waals surface area (Å²) in [5.41, 5.74) is 0.0665. The summed E-state index contributed by atoms with van der Waals surface area (Å²) in [4.78, 5) is 3.58. The molecule has 1 heterocycles. The predicted octanol–water partition coefficient (Wildman–Crippen LogP) is -0.534. The van der Waals surface area contributed by atoms with Gasteiger partial charge >= 0.3 is 7.48 Å². The van der Waals surface area contributed by atoms with Crippen molar-refractivity contribution in [3.05, 3.63) is 18.1 Å². The summed E-state index contributed by atoms with van der Waals surface area (Å²) in [6, 6.07) is 1.30. The molecule has 11 heavy (non-hydrogen) atoms. The minimum absolute atomic E-state index is 0.0665. The molecule has 1 aromatic rings. The van der Waals surface area contributed by atoms with Crippen molar-refractivity contribution in [2.24, 2.45) is 0 Å². The highest BCUT2D eigenvalue weighted by Crippen LogP contribution is 2.02. The first kappa shape index (κ1) is 8.01. The molecule has 0 saturated carbocycles. The molecule has 5 heteroatoms. The van der Waals surface area contributed by atoms with E-state index in [0.717, 1.165) is 6.20 Å². The van der Waals surface area contributed by atoms with Crippen molar-refractivity contribution < 1.29 is 14.2 Å². The first-order chi connectivity index (χ1) is 5.27. The standard InChI is InChI=1S/C6H6BFNO2/c1-11-6-2-4(7-10)5(8)3-9-6/h2-3,10H,1H3. The molecule has 0 atom stereocenters. The quantitative estimate of drug-likeness (QED) is 0.582. The lowest BCUT2D eigenvalue weighted by Crippen LogP contribution is -2.18. The monoisotopic (exact) mass is 154 g/mol. The number of nitrogens with zero attached hydrogens (tertiary/aromatic N) is 1. The molecular formula is C6H6BFNO2. The summed E-state index contributed by atoms with van der Waals surface area (Å²) in [6.07, 6.45) is 0.987. The lowest BCUT2D eigenvalue weighted by molar-refractivity contribution is 0.396. The average molecular weight is 154 g/mol. The van der Waals surface area contributed by atoms with Gasteiger partial charge in [-0.1, -0.05) is 0 Å². The van der Waals surface area contributed by atoms with E-state index in [9.17, 15) is 4.39 Å². The molecule has 0 spiro atoms. The zero-order valence-electron chi connectivity index (χ0n) is 5.91. The maximum atomic E-state index is 12.6. The molecule has 0 aliphatic heterocycles. The number of methoxy groups -OCH3 is 1. The number of ether oxygens (including phenoxy) is 1. The number of hydrogen-bond donors (Lipinski definition) is 1. The molecule has 57 valence electrons. The van der Waals surface area contributed by atoms with Gasteiger partial charge in [0.2, 0.25) is 5.88 Å². The highest BCUT2D eigenvalue weighted by atomic mass is 19.1. The molecule has 0 fully saturated rings. The lowest BCUT2D eigenvalue weighted by atomic mass is 9.89. The van der Waals surface area contributed by atoms with Crippen LogP contribution in [0.3, 0.4) is 0 Å². The maximum Gasteiger partial charge on any atom is 0.330 e. The highest BCUT2D eigenvalue weighted by molar-refractivity contribution is 6.45. The summed E-state index contributed by atoms with van der Waals surface area (Å²) >= 11 is 0. The summed E-state index contributed by atoms with van der Waals surface area (Å²) in [5, 5.41) is 8.49. The van der Waals surface area contributed by atoms with Crippen LogP contribution in [0.5, 0.6) is 5.88 Å². The second kappa shape index (κ2) is 3.34. The average Bonchev–Trinajstić information content (AvgIpc) is 2.05. The van der Waals surface area contributed by atoms with E-state index in [0.29, 0.717) is 7.48 Å². The molecule has 0 aliphatic carbocycles. The van der Waals surface area contributed by atoms with Crippen molar-refractivity contribution in [3.8, 4) is 5.88 Å². The van der Waals surface area contributed by atoms with Crippen LogP contribution in [-0.2, 0) is 0 Å². The van der Waals surface area contributed by atoms with Crippen molar-refractivity contribution in [2.45, 2.75) is 0 Å². The Labute approximate surface area is 64.1 Å². The van der Waals surface area contributed by atoms with Gasteiger partial charge in [0.05, 0.1) is 13.3 Å². The Morgan fingerprint density at radius 2 is 2.45 bits per heavy atom. The van der Waals surface area contributed by atoms with Crippen LogP contribution in [0.4, 0.5) is 4.39 Å². The summed E-state index contributed by atoms with van der Waals surface area (Å²) in [7, 11) is 2.08. The van der Waals surface area contributed by atoms with Crippen LogP contribution in [0.2, 0.25) is 0 Å². The molecule has 0 amide bonds. The van der Waals surface area contributed by atoms with Gasteiger partial charge in [-0.15, -0.1) is 0 Å². The molecule has 3 nitrogen and oxygen atoms in total. The molecule has 1 aromatic heterocycles. The largest absolute Gasteiger partial charge is 0.481 e. The minimum Gasteiger partial charge on any atom is -0.481 e. The highest BCUT2D eigenvalue weighted by Gasteiger charge is 2.04. The number of rotatable bonds is 2. The molecule has 1 rings (SSSR count). The minimum atomic E-state index is -0.576. The van der Waals surface area contributed by atoms with Crippen LogP contribution in [0.1, 0.15) is 0 Å². The Kier molecular flexibility index (Phi) is 2.43. The van der Waals surface area contributed by atoms with Crippen LogP contribution in [0.15, 0.2) is 12.3 Å². The zero-order valence-corrected chi connectivity index (χ0v) is 5.91. The second-order valence-electron chi connectivity index (χ2n) is 1.88. The molecule has 0 aromatic carbocycles. The molecule has 0 bridgehead atoms. The fraction of sp³-hybridized carbons (Fsp3) is 0.167. The summed E-state index contributed by atoms with van der Waals surface area (Å²) in [5.74, 6) is -0.306. The van der Waals surface area contributed by atoms with Crippen molar-refractivity contribution >= 4 is 12.9 Å². The molecule has 0 unspecified atom stereocenters. The Balaban J connectivity index is 3.02. The van der Waals surface area contributed by atoms with E-state index in [-0.39, 0.29) is 11.3 Å². The Bertz CT molecular complexity index is 256. The molecule has 1 N–H and O–H groups in total. The van der Waals surface area contributed by atoms with E-state index in [1.165, 1.54) is 13.2 Å². The Morgan fingerprint density at radius 3 is 3.00 bits per heavy atom. The number of pyridine rings is 1. The number of aromatic nitrogens is 1.